The van der Waals surface area contributed by atoms with Crippen LogP contribution in [0.5, 0.6) is 0 Å². The van der Waals surface area contributed by atoms with E-state index in [1.807, 2.05) is 0 Å². The molecule has 0 spiro atoms. The van der Waals surface area contributed by atoms with Crippen molar-refractivity contribution in [2.75, 3.05) is 0 Å². The van der Waals surface area contributed by atoms with Crippen molar-refractivity contribution in [3.63, 3.8) is 0 Å². The molecule has 0 amide bonds. The number of allylic oxidation sites excluding steroid dienone is 1. The molecule has 1 aliphatic carbocycles. The van der Waals surface area contributed by atoms with Gasteiger partial charge < -0.3 is 11.5 Å². The van der Waals surface area contributed by atoms with Crippen LogP contribution in [-0.2, 0) is 0 Å². The molecule has 0 heterocycles. The zero-order valence-corrected chi connectivity index (χ0v) is 8.87. The first kappa shape index (κ1) is 13.0. The van der Waals surface area contributed by atoms with Crippen molar-refractivity contribution < 1.29 is 13.2 Å². The quantitative estimate of drug-likeness (QED) is 0.567. The SMILES string of the molecule is N/C=C(\C=N\C(F)(F)F)C1CCC(N)CC1. The molecule has 0 aromatic carbocycles. The number of hydrogen-bond donors (Lipinski definition) is 2. The van der Waals surface area contributed by atoms with Gasteiger partial charge in [-0.25, -0.2) is 0 Å². The highest BCUT2D eigenvalue weighted by atomic mass is 19.4. The third-order valence-electron chi connectivity index (χ3n) is 2.80. The van der Waals surface area contributed by atoms with Gasteiger partial charge in [0.25, 0.3) is 0 Å². The summed E-state index contributed by atoms with van der Waals surface area (Å²) in [4.78, 5) is 2.52. The number of aliphatic imine (C=N–C) groups is 1. The molecule has 0 unspecified atom stereocenters. The molecule has 3 nitrogen and oxygen atoms in total. The number of nitrogens with zero attached hydrogens (tertiary/aromatic N) is 1. The second-order valence-corrected chi connectivity index (χ2v) is 4.00. The van der Waals surface area contributed by atoms with E-state index < -0.39 is 6.30 Å². The average molecular weight is 235 g/mol. The molecule has 1 aliphatic rings. The van der Waals surface area contributed by atoms with Crippen LogP contribution in [0.25, 0.3) is 0 Å². The minimum atomic E-state index is -4.53. The summed E-state index contributed by atoms with van der Waals surface area (Å²) < 4.78 is 35.7. The maximum Gasteiger partial charge on any atom is 0.503 e. The van der Waals surface area contributed by atoms with Crippen molar-refractivity contribution in [3.05, 3.63) is 11.8 Å². The normalized spacial score (nSPS) is 28.6. The second-order valence-electron chi connectivity index (χ2n) is 4.00. The van der Waals surface area contributed by atoms with Gasteiger partial charge in [0, 0.05) is 12.3 Å². The second kappa shape index (κ2) is 5.34. The lowest BCUT2D eigenvalue weighted by molar-refractivity contribution is -0.119. The predicted octanol–water partition coefficient (Wildman–Crippen LogP) is 1.94. The van der Waals surface area contributed by atoms with Crippen LogP contribution in [0.15, 0.2) is 16.8 Å². The molecule has 1 rings (SSSR count). The molecular weight excluding hydrogens is 219 g/mol. The first-order valence-corrected chi connectivity index (χ1v) is 5.21. The Morgan fingerprint density at radius 1 is 1.19 bits per heavy atom. The van der Waals surface area contributed by atoms with Gasteiger partial charge in [-0.1, -0.05) is 0 Å². The van der Waals surface area contributed by atoms with Gasteiger partial charge in [-0.05, 0) is 43.4 Å². The molecule has 6 heteroatoms. The maximum absolute atomic E-state index is 11.9. The third-order valence-corrected chi connectivity index (χ3v) is 2.80. The van der Waals surface area contributed by atoms with Gasteiger partial charge in [0.05, 0.1) is 0 Å². The summed E-state index contributed by atoms with van der Waals surface area (Å²) in [6.07, 6.45) is 0.684. The Labute approximate surface area is 92.4 Å². The molecule has 0 radical (unpaired) electrons. The standard InChI is InChI=1S/C10H16F3N3/c11-10(12,13)16-6-8(5-14)7-1-3-9(15)4-2-7/h5-7,9H,1-4,14-15H2/b8-5+,16-6+. The highest BCUT2D eigenvalue weighted by Crippen LogP contribution is 2.28. The van der Waals surface area contributed by atoms with Gasteiger partial charge in [0.2, 0.25) is 0 Å². The van der Waals surface area contributed by atoms with E-state index in [0.29, 0.717) is 5.57 Å². The lowest BCUT2D eigenvalue weighted by atomic mass is 9.82. The Morgan fingerprint density at radius 2 is 1.75 bits per heavy atom. The van der Waals surface area contributed by atoms with E-state index in [2.05, 4.69) is 4.99 Å². The van der Waals surface area contributed by atoms with Crippen molar-refractivity contribution >= 4 is 6.21 Å². The summed E-state index contributed by atoms with van der Waals surface area (Å²) in [5.74, 6) is 0.0518. The number of rotatable bonds is 2. The average Bonchev–Trinajstić information content (AvgIpc) is 2.20. The van der Waals surface area contributed by atoms with E-state index in [-0.39, 0.29) is 12.0 Å². The van der Waals surface area contributed by atoms with Crippen LogP contribution < -0.4 is 11.5 Å². The lowest BCUT2D eigenvalue weighted by Gasteiger charge is -2.26. The van der Waals surface area contributed by atoms with Crippen molar-refractivity contribution in [2.24, 2.45) is 22.4 Å². The van der Waals surface area contributed by atoms with Crippen molar-refractivity contribution in [3.8, 4) is 0 Å². The Morgan fingerprint density at radius 3 is 2.19 bits per heavy atom. The molecule has 4 N–H and O–H groups in total. The fourth-order valence-corrected chi connectivity index (χ4v) is 1.88. The van der Waals surface area contributed by atoms with Crippen LogP contribution in [0.4, 0.5) is 13.2 Å². The minimum absolute atomic E-state index is 0.0518. The summed E-state index contributed by atoms with van der Waals surface area (Å²) in [7, 11) is 0. The first-order chi connectivity index (χ1) is 7.42. The third kappa shape index (κ3) is 4.22. The Balaban J connectivity index is 2.59. The molecule has 0 bridgehead atoms. The zero-order chi connectivity index (χ0) is 12.2. The largest absolute Gasteiger partial charge is 0.503 e. The number of halogens is 3. The number of hydrogen-bond acceptors (Lipinski definition) is 3. The van der Waals surface area contributed by atoms with Crippen molar-refractivity contribution in [2.45, 2.75) is 38.0 Å². The van der Waals surface area contributed by atoms with Crippen LogP contribution in [0, 0.1) is 5.92 Å². The highest BCUT2D eigenvalue weighted by Gasteiger charge is 2.26. The fourth-order valence-electron chi connectivity index (χ4n) is 1.88. The van der Waals surface area contributed by atoms with Gasteiger partial charge in [0.1, 0.15) is 0 Å². The van der Waals surface area contributed by atoms with Gasteiger partial charge in [0.15, 0.2) is 0 Å². The van der Waals surface area contributed by atoms with Crippen molar-refractivity contribution in [1.82, 2.24) is 0 Å². The van der Waals surface area contributed by atoms with E-state index >= 15 is 0 Å². The van der Waals surface area contributed by atoms with E-state index in [9.17, 15) is 13.2 Å². The van der Waals surface area contributed by atoms with E-state index in [4.69, 9.17) is 11.5 Å². The summed E-state index contributed by atoms with van der Waals surface area (Å²) in [6, 6.07) is 0.162. The molecule has 1 fully saturated rings. The Bertz CT molecular complexity index is 276. The molecule has 0 aromatic rings. The number of alkyl halides is 3. The van der Waals surface area contributed by atoms with Crippen LogP contribution >= 0.6 is 0 Å². The highest BCUT2D eigenvalue weighted by molar-refractivity contribution is 5.79. The molecule has 1 saturated carbocycles. The van der Waals surface area contributed by atoms with Crippen molar-refractivity contribution in [1.29, 1.82) is 0 Å². The zero-order valence-electron chi connectivity index (χ0n) is 8.87. The monoisotopic (exact) mass is 235 g/mol. The fraction of sp³-hybridized carbons (Fsp3) is 0.700. The number of nitrogens with two attached hydrogens (primary N) is 2. The van der Waals surface area contributed by atoms with Crippen LogP contribution in [0.1, 0.15) is 25.7 Å². The molecule has 92 valence electrons. The van der Waals surface area contributed by atoms with Gasteiger partial charge in [-0.2, -0.15) is 4.99 Å². The molecule has 0 saturated heterocycles. The Hall–Kier alpha value is -1.04. The maximum atomic E-state index is 11.9. The molecule has 0 aromatic heterocycles. The van der Waals surface area contributed by atoms with E-state index in [1.54, 1.807) is 0 Å². The van der Waals surface area contributed by atoms with Gasteiger partial charge in [-0.15, -0.1) is 13.2 Å². The summed E-state index contributed by atoms with van der Waals surface area (Å²) in [5, 5.41) is 0. The molecular formula is C10H16F3N3. The molecule has 16 heavy (non-hydrogen) atoms. The topological polar surface area (TPSA) is 64.4 Å². The van der Waals surface area contributed by atoms with E-state index in [0.717, 1.165) is 31.9 Å². The van der Waals surface area contributed by atoms with E-state index in [1.165, 1.54) is 6.20 Å². The Kier molecular flexibility index (Phi) is 4.35. The summed E-state index contributed by atoms with van der Waals surface area (Å²) in [6.45, 7) is 0. The smallest absolute Gasteiger partial charge is 0.404 e. The summed E-state index contributed by atoms with van der Waals surface area (Å²) >= 11 is 0. The summed E-state index contributed by atoms with van der Waals surface area (Å²) in [5.41, 5.74) is 11.5. The first-order valence-electron chi connectivity index (χ1n) is 5.21. The van der Waals surface area contributed by atoms with Crippen LogP contribution in [0.3, 0.4) is 0 Å². The van der Waals surface area contributed by atoms with Gasteiger partial charge >= 0.3 is 6.30 Å². The van der Waals surface area contributed by atoms with Crippen LogP contribution in [0.2, 0.25) is 0 Å². The van der Waals surface area contributed by atoms with Gasteiger partial charge in [-0.3, -0.25) is 0 Å². The molecule has 0 atom stereocenters. The lowest BCUT2D eigenvalue weighted by Crippen LogP contribution is -2.27. The predicted molar refractivity (Wildman–Crippen MR) is 56.8 cm³/mol. The molecule has 0 aliphatic heterocycles. The minimum Gasteiger partial charge on any atom is -0.404 e. The van der Waals surface area contributed by atoms with Crippen LogP contribution in [-0.4, -0.2) is 18.6 Å².